The molecule has 0 saturated carbocycles. The molecule has 3 heterocycles. The van der Waals surface area contributed by atoms with Crippen LogP contribution < -0.4 is 14.4 Å². The van der Waals surface area contributed by atoms with Gasteiger partial charge in [-0.15, -0.1) is 0 Å². The van der Waals surface area contributed by atoms with E-state index in [1.807, 2.05) is 17.0 Å². The molecule has 0 atom stereocenters. The first kappa shape index (κ1) is 18.0. The maximum atomic E-state index is 12.7. The molecule has 1 fully saturated rings. The predicted molar refractivity (Wildman–Crippen MR) is 104 cm³/mol. The topological polar surface area (TPSA) is 85.6 Å². The second kappa shape index (κ2) is 7.34. The van der Waals surface area contributed by atoms with Gasteiger partial charge in [0.2, 0.25) is 0 Å². The van der Waals surface area contributed by atoms with Crippen molar-refractivity contribution in [1.29, 1.82) is 0 Å². The Bertz CT molecular complexity index is 1010. The number of hydrogen-bond donors (Lipinski definition) is 0. The van der Waals surface area contributed by atoms with E-state index < -0.39 is 0 Å². The van der Waals surface area contributed by atoms with Crippen LogP contribution in [-0.4, -0.2) is 71.0 Å². The predicted octanol–water partition coefficient (Wildman–Crippen LogP) is 1.34. The molecule has 0 unspecified atom stereocenters. The molecule has 9 heteroatoms. The quantitative estimate of drug-likeness (QED) is 0.673. The highest BCUT2D eigenvalue weighted by Gasteiger charge is 2.25. The molecule has 3 aromatic rings. The average molecular weight is 382 g/mol. The Balaban J connectivity index is 1.57. The van der Waals surface area contributed by atoms with E-state index in [4.69, 9.17) is 9.47 Å². The molecule has 1 aromatic carbocycles. The van der Waals surface area contributed by atoms with E-state index in [0.29, 0.717) is 43.4 Å². The van der Waals surface area contributed by atoms with Crippen LogP contribution in [0.2, 0.25) is 0 Å². The summed E-state index contributed by atoms with van der Waals surface area (Å²) in [6.45, 7) is 2.60. The number of anilines is 1. The Labute approximate surface area is 162 Å². The van der Waals surface area contributed by atoms with E-state index in [2.05, 4.69) is 20.0 Å². The van der Waals surface area contributed by atoms with Crippen LogP contribution in [0, 0.1) is 0 Å². The Morgan fingerprint density at radius 1 is 1.04 bits per heavy atom. The first-order valence-corrected chi connectivity index (χ1v) is 9.01. The fraction of sp³-hybridized carbons (Fsp3) is 0.368. The second-order valence-corrected chi connectivity index (χ2v) is 6.54. The third-order valence-corrected chi connectivity index (χ3v) is 5.03. The minimum Gasteiger partial charge on any atom is -0.493 e. The van der Waals surface area contributed by atoms with Gasteiger partial charge in [0, 0.05) is 50.9 Å². The summed E-state index contributed by atoms with van der Waals surface area (Å²) in [4.78, 5) is 25.6. The molecule has 1 aliphatic heterocycles. The molecule has 146 valence electrons. The molecule has 1 amide bonds. The summed E-state index contributed by atoms with van der Waals surface area (Å²) < 4.78 is 12.4. The molecule has 4 rings (SSSR count). The minimum absolute atomic E-state index is 0.00130. The van der Waals surface area contributed by atoms with Crippen molar-refractivity contribution in [1.82, 2.24) is 24.6 Å². The van der Waals surface area contributed by atoms with Gasteiger partial charge in [-0.25, -0.2) is 9.97 Å². The Kier molecular flexibility index (Phi) is 4.72. The number of rotatable bonds is 4. The number of fused-ring (bicyclic) bond motifs is 1. The zero-order valence-corrected chi connectivity index (χ0v) is 16.1. The van der Waals surface area contributed by atoms with Gasteiger partial charge < -0.3 is 19.3 Å². The summed E-state index contributed by atoms with van der Waals surface area (Å²) in [5.74, 6) is 2.10. The lowest BCUT2D eigenvalue weighted by molar-refractivity contribution is 0.0735. The number of aryl methyl sites for hydroxylation is 1. The molecular formula is C19H22N6O3. The van der Waals surface area contributed by atoms with Gasteiger partial charge >= 0.3 is 0 Å². The zero-order chi connectivity index (χ0) is 19.7. The van der Waals surface area contributed by atoms with E-state index >= 15 is 0 Å². The van der Waals surface area contributed by atoms with Gasteiger partial charge in [-0.3, -0.25) is 9.48 Å². The molecule has 0 radical (unpaired) electrons. The smallest absolute Gasteiger partial charge is 0.272 e. The summed E-state index contributed by atoms with van der Waals surface area (Å²) in [5.41, 5.74) is 1.38. The maximum Gasteiger partial charge on any atom is 0.272 e. The number of nitrogens with zero attached hydrogens (tertiary/aromatic N) is 6. The number of benzene rings is 1. The van der Waals surface area contributed by atoms with Crippen molar-refractivity contribution in [2.75, 3.05) is 45.3 Å². The van der Waals surface area contributed by atoms with Crippen molar-refractivity contribution in [3.63, 3.8) is 0 Å². The highest BCUT2D eigenvalue weighted by atomic mass is 16.5. The molecule has 1 aliphatic rings. The van der Waals surface area contributed by atoms with E-state index in [1.165, 1.54) is 0 Å². The number of amides is 1. The normalized spacial score (nSPS) is 14.4. The Morgan fingerprint density at radius 3 is 2.39 bits per heavy atom. The van der Waals surface area contributed by atoms with Gasteiger partial charge in [0.05, 0.1) is 19.7 Å². The van der Waals surface area contributed by atoms with Crippen molar-refractivity contribution in [3.8, 4) is 11.5 Å². The van der Waals surface area contributed by atoms with Crippen molar-refractivity contribution in [2.24, 2.45) is 7.05 Å². The fourth-order valence-electron chi connectivity index (χ4n) is 3.49. The van der Waals surface area contributed by atoms with Gasteiger partial charge in [-0.1, -0.05) is 0 Å². The number of methoxy groups -OCH3 is 2. The molecule has 0 N–H and O–H groups in total. The Morgan fingerprint density at radius 2 is 1.75 bits per heavy atom. The summed E-state index contributed by atoms with van der Waals surface area (Å²) >= 11 is 0. The zero-order valence-electron chi connectivity index (χ0n) is 16.1. The standard InChI is InChI=1S/C19H22N6O3/c1-23-15(4-5-22-23)19(26)25-8-6-24(7-9-25)18-13-10-16(27-2)17(28-3)11-14(13)20-12-21-18/h4-5,10-12H,6-9H2,1-3H3. The van der Waals surface area contributed by atoms with Crippen LogP contribution in [0.5, 0.6) is 11.5 Å². The monoisotopic (exact) mass is 382 g/mol. The third-order valence-electron chi connectivity index (χ3n) is 5.03. The highest BCUT2D eigenvalue weighted by Crippen LogP contribution is 2.34. The van der Waals surface area contributed by atoms with Crippen LogP contribution in [0.1, 0.15) is 10.5 Å². The van der Waals surface area contributed by atoms with E-state index in [-0.39, 0.29) is 5.91 Å². The van der Waals surface area contributed by atoms with Crippen molar-refractivity contribution >= 4 is 22.6 Å². The molecule has 9 nitrogen and oxygen atoms in total. The van der Waals surface area contributed by atoms with E-state index in [0.717, 1.165) is 16.7 Å². The van der Waals surface area contributed by atoms with Crippen molar-refractivity contribution in [2.45, 2.75) is 0 Å². The van der Waals surface area contributed by atoms with Gasteiger partial charge in [0.15, 0.2) is 11.5 Å². The largest absolute Gasteiger partial charge is 0.493 e. The molecule has 28 heavy (non-hydrogen) atoms. The van der Waals surface area contributed by atoms with Crippen LogP contribution in [0.3, 0.4) is 0 Å². The summed E-state index contributed by atoms with van der Waals surface area (Å²) in [6.07, 6.45) is 3.19. The summed E-state index contributed by atoms with van der Waals surface area (Å²) in [7, 11) is 4.98. The van der Waals surface area contributed by atoms with Gasteiger partial charge in [0.1, 0.15) is 17.8 Å². The first-order valence-electron chi connectivity index (χ1n) is 9.01. The number of carbonyl (C=O) groups is 1. The lowest BCUT2D eigenvalue weighted by atomic mass is 10.2. The van der Waals surface area contributed by atoms with Crippen LogP contribution in [-0.2, 0) is 7.05 Å². The first-order chi connectivity index (χ1) is 13.6. The maximum absolute atomic E-state index is 12.7. The fourth-order valence-corrected chi connectivity index (χ4v) is 3.49. The number of hydrogen-bond acceptors (Lipinski definition) is 7. The minimum atomic E-state index is -0.00130. The number of aromatic nitrogens is 4. The van der Waals surface area contributed by atoms with Gasteiger partial charge in [0.25, 0.3) is 5.91 Å². The van der Waals surface area contributed by atoms with Crippen molar-refractivity contribution in [3.05, 3.63) is 36.4 Å². The Hall–Kier alpha value is -3.36. The average Bonchev–Trinajstić information content (AvgIpc) is 3.17. The van der Waals surface area contributed by atoms with Crippen LogP contribution in [0.15, 0.2) is 30.7 Å². The molecule has 0 bridgehead atoms. The number of piperazine rings is 1. The summed E-state index contributed by atoms with van der Waals surface area (Å²) in [6, 6.07) is 5.49. The summed E-state index contributed by atoms with van der Waals surface area (Å²) in [5, 5.41) is 4.97. The third kappa shape index (κ3) is 3.08. The molecule has 0 spiro atoms. The highest BCUT2D eigenvalue weighted by molar-refractivity contribution is 5.93. The molecule has 0 aliphatic carbocycles. The van der Waals surface area contributed by atoms with Crippen molar-refractivity contribution < 1.29 is 14.3 Å². The number of carbonyl (C=O) groups excluding carboxylic acids is 1. The lowest BCUT2D eigenvalue weighted by Gasteiger charge is -2.35. The van der Waals surface area contributed by atoms with Gasteiger partial charge in [-0.2, -0.15) is 5.10 Å². The van der Waals surface area contributed by atoms with Crippen LogP contribution >= 0.6 is 0 Å². The van der Waals surface area contributed by atoms with Crippen LogP contribution in [0.25, 0.3) is 10.9 Å². The lowest BCUT2D eigenvalue weighted by Crippen LogP contribution is -2.49. The number of ether oxygens (including phenoxy) is 2. The second-order valence-electron chi connectivity index (χ2n) is 6.54. The van der Waals surface area contributed by atoms with Gasteiger partial charge in [-0.05, 0) is 12.1 Å². The van der Waals surface area contributed by atoms with E-state index in [9.17, 15) is 4.79 Å². The van der Waals surface area contributed by atoms with Crippen LogP contribution in [0.4, 0.5) is 5.82 Å². The molecule has 2 aromatic heterocycles. The molecular weight excluding hydrogens is 360 g/mol. The van der Waals surface area contributed by atoms with E-state index in [1.54, 1.807) is 44.5 Å². The SMILES string of the molecule is COc1cc2ncnc(N3CCN(C(=O)c4ccnn4C)CC3)c2cc1OC. The molecule has 1 saturated heterocycles.